The Balaban J connectivity index is 1.59. The molecule has 150 valence electrons. The summed E-state index contributed by atoms with van der Waals surface area (Å²) in [5, 5.41) is 3.61. The van der Waals surface area contributed by atoms with Gasteiger partial charge in [0.05, 0.1) is 0 Å². The second-order valence-corrected chi connectivity index (χ2v) is 7.42. The van der Waals surface area contributed by atoms with Crippen LogP contribution in [0.15, 0.2) is 27.4 Å². The number of fused-ring (bicyclic) bond motifs is 3. The minimum absolute atomic E-state index is 0.308. The highest BCUT2D eigenvalue weighted by Crippen LogP contribution is 2.29. The molecule has 1 amide bonds. The summed E-state index contributed by atoms with van der Waals surface area (Å²) in [7, 11) is 0. The van der Waals surface area contributed by atoms with Crippen LogP contribution < -0.4 is 15.7 Å². The van der Waals surface area contributed by atoms with Crippen molar-refractivity contribution in [2.45, 2.75) is 46.1 Å². The van der Waals surface area contributed by atoms with Crippen LogP contribution in [-0.2, 0) is 27.2 Å². The van der Waals surface area contributed by atoms with Crippen LogP contribution >= 0.6 is 0 Å². The van der Waals surface area contributed by atoms with Gasteiger partial charge in [0, 0.05) is 23.6 Å². The molecule has 0 spiro atoms. The summed E-state index contributed by atoms with van der Waals surface area (Å²) in [6.45, 7) is 5.64. The van der Waals surface area contributed by atoms with Gasteiger partial charge in [0.2, 0.25) is 0 Å². The van der Waals surface area contributed by atoms with E-state index >= 15 is 0 Å². The molecule has 7 nitrogen and oxygen atoms in total. The van der Waals surface area contributed by atoms with E-state index in [0.29, 0.717) is 23.8 Å². The summed E-state index contributed by atoms with van der Waals surface area (Å²) >= 11 is 0. The Labute approximate surface area is 163 Å². The van der Waals surface area contributed by atoms with Gasteiger partial charge in [0.15, 0.2) is 12.7 Å². The van der Waals surface area contributed by atoms with E-state index in [9.17, 15) is 14.4 Å². The van der Waals surface area contributed by atoms with Crippen molar-refractivity contribution in [2.75, 3.05) is 13.2 Å². The van der Waals surface area contributed by atoms with Crippen molar-refractivity contribution in [3.8, 4) is 5.75 Å². The molecule has 0 saturated carbocycles. The molecule has 1 aliphatic carbocycles. The van der Waals surface area contributed by atoms with E-state index in [4.69, 9.17) is 13.9 Å². The fourth-order valence-electron chi connectivity index (χ4n) is 3.23. The fraction of sp³-hybridized carbons (Fsp3) is 0.476. The molecule has 1 aliphatic rings. The van der Waals surface area contributed by atoms with Crippen molar-refractivity contribution in [3.63, 3.8) is 0 Å². The molecule has 7 heteroatoms. The van der Waals surface area contributed by atoms with Gasteiger partial charge in [0.25, 0.3) is 5.91 Å². The predicted octanol–water partition coefficient (Wildman–Crippen LogP) is 2.36. The topological polar surface area (TPSA) is 94.8 Å². The van der Waals surface area contributed by atoms with Crippen LogP contribution in [0.25, 0.3) is 11.0 Å². The van der Waals surface area contributed by atoms with E-state index in [-0.39, 0.29) is 18.1 Å². The fourth-order valence-corrected chi connectivity index (χ4v) is 3.23. The Morgan fingerprint density at radius 1 is 1.18 bits per heavy atom. The molecule has 1 atom stereocenters. The van der Waals surface area contributed by atoms with Crippen molar-refractivity contribution in [1.29, 1.82) is 0 Å². The summed E-state index contributed by atoms with van der Waals surface area (Å²) in [5.74, 6) is -0.294. The first-order valence-corrected chi connectivity index (χ1v) is 9.53. The highest BCUT2D eigenvalue weighted by molar-refractivity contribution is 5.84. The van der Waals surface area contributed by atoms with Crippen molar-refractivity contribution in [3.05, 3.63) is 39.7 Å². The third kappa shape index (κ3) is 4.52. The smallest absolute Gasteiger partial charge is 0.344 e. The summed E-state index contributed by atoms with van der Waals surface area (Å²) in [4.78, 5) is 35.9. The van der Waals surface area contributed by atoms with Gasteiger partial charge in [-0.1, -0.05) is 13.8 Å². The van der Waals surface area contributed by atoms with Crippen LogP contribution in [0.5, 0.6) is 5.75 Å². The summed E-state index contributed by atoms with van der Waals surface area (Å²) in [6.07, 6.45) is 1.67. The molecule has 0 aliphatic heterocycles. The van der Waals surface area contributed by atoms with Gasteiger partial charge in [-0.25, -0.2) is 9.59 Å². The number of carbonyl (C=O) groups is 2. The van der Waals surface area contributed by atoms with Gasteiger partial charge in [-0.3, -0.25) is 4.79 Å². The van der Waals surface area contributed by atoms with Crippen LogP contribution in [-0.4, -0.2) is 31.1 Å². The van der Waals surface area contributed by atoms with Gasteiger partial charge < -0.3 is 19.2 Å². The molecule has 28 heavy (non-hydrogen) atoms. The minimum Gasteiger partial charge on any atom is -0.482 e. The Hall–Kier alpha value is -2.83. The lowest BCUT2D eigenvalue weighted by Crippen LogP contribution is -2.38. The van der Waals surface area contributed by atoms with E-state index in [1.54, 1.807) is 12.1 Å². The van der Waals surface area contributed by atoms with E-state index in [0.717, 1.165) is 35.8 Å². The maximum Gasteiger partial charge on any atom is 0.344 e. The van der Waals surface area contributed by atoms with E-state index in [2.05, 4.69) is 5.32 Å². The summed E-state index contributed by atoms with van der Waals surface area (Å²) in [6, 6.07) is 5.17. The molecule has 1 aromatic heterocycles. The highest BCUT2D eigenvalue weighted by Gasteiger charge is 2.20. The number of amides is 1. The predicted molar refractivity (Wildman–Crippen MR) is 103 cm³/mol. The quantitative estimate of drug-likeness (QED) is 0.579. The SMILES string of the molecule is CC(C)CNC(=O)[C@H](C)OC(=O)COc1ccc2c3c(c(=O)oc2c1)CCC3. The molecule has 2 aromatic rings. The Morgan fingerprint density at radius 2 is 1.93 bits per heavy atom. The molecule has 1 aromatic carbocycles. The summed E-state index contributed by atoms with van der Waals surface area (Å²) in [5.41, 5.74) is 1.93. The van der Waals surface area contributed by atoms with Crippen molar-refractivity contribution in [2.24, 2.45) is 5.92 Å². The minimum atomic E-state index is -0.896. The van der Waals surface area contributed by atoms with Gasteiger partial charge in [-0.15, -0.1) is 0 Å². The first-order chi connectivity index (χ1) is 13.3. The first kappa shape index (κ1) is 19.9. The van der Waals surface area contributed by atoms with Gasteiger partial charge in [-0.05, 0) is 49.8 Å². The number of rotatable bonds is 7. The van der Waals surface area contributed by atoms with Crippen molar-refractivity contribution >= 4 is 22.8 Å². The Kier molecular flexibility index (Phi) is 6.02. The lowest BCUT2D eigenvalue weighted by Gasteiger charge is -2.15. The lowest BCUT2D eigenvalue weighted by molar-refractivity contribution is -0.156. The number of ether oxygens (including phenoxy) is 2. The molecule has 0 saturated heterocycles. The van der Waals surface area contributed by atoms with E-state index < -0.39 is 12.1 Å². The number of nitrogens with one attached hydrogen (secondary N) is 1. The summed E-state index contributed by atoms with van der Waals surface area (Å²) < 4.78 is 15.9. The second kappa shape index (κ2) is 8.46. The molecule has 0 radical (unpaired) electrons. The second-order valence-electron chi connectivity index (χ2n) is 7.42. The zero-order valence-electron chi connectivity index (χ0n) is 16.4. The monoisotopic (exact) mass is 387 g/mol. The zero-order valence-corrected chi connectivity index (χ0v) is 16.4. The number of carbonyl (C=O) groups excluding carboxylic acids is 2. The lowest BCUT2D eigenvalue weighted by atomic mass is 10.1. The number of benzene rings is 1. The molecule has 1 N–H and O–H groups in total. The molecule has 0 bridgehead atoms. The van der Waals surface area contributed by atoms with E-state index in [1.165, 1.54) is 6.92 Å². The largest absolute Gasteiger partial charge is 0.482 e. The average Bonchev–Trinajstić information content (AvgIpc) is 3.15. The van der Waals surface area contributed by atoms with Crippen molar-refractivity contribution < 1.29 is 23.5 Å². The molecular formula is C21H25NO6. The number of hydrogen-bond donors (Lipinski definition) is 1. The normalized spacial score (nSPS) is 14.0. The maximum absolute atomic E-state index is 12.1. The highest BCUT2D eigenvalue weighted by atomic mass is 16.6. The van der Waals surface area contributed by atoms with E-state index in [1.807, 2.05) is 19.9 Å². The molecule has 0 fully saturated rings. The van der Waals surface area contributed by atoms with Crippen LogP contribution in [0.1, 0.15) is 38.3 Å². The Bertz CT molecular complexity index is 946. The van der Waals surface area contributed by atoms with Crippen LogP contribution in [0.2, 0.25) is 0 Å². The van der Waals surface area contributed by atoms with Crippen molar-refractivity contribution in [1.82, 2.24) is 5.32 Å². The number of hydrogen-bond acceptors (Lipinski definition) is 6. The van der Waals surface area contributed by atoms with Crippen LogP contribution in [0.3, 0.4) is 0 Å². The molecule has 0 unspecified atom stereocenters. The zero-order chi connectivity index (χ0) is 20.3. The first-order valence-electron chi connectivity index (χ1n) is 9.53. The molecule has 1 heterocycles. The van der Waals surface area contributed by atoms with Gasteiger partial charge >= 0.3 is 11.6 Å². The standard InChI is InChI=1S/C21H25NO6/c1-12(2)10-22-20(24)13(3)27-19(23)11-26-14-7-8-16-15-5-4-6-17(15)21(25)28-18(16)9-14/h7-9,12-13H,4-6,10-11H2,1-3H3,(H,22,24)/t13-/m0/s1. The number of esters is 1. The van der Waals surface area contributed by atoms with Gasteiger partial charge in [0.1, 0.15) is 11.3 Å². The Morgan fingerprint density at radius 3 is 2.68 bits per heavy atom. The number of aryl methyl sites for hydroxylation is 1. The van der Waals surface area contributed by atoms with Crippen LogP contribution in [0.4, 0.5) is 0 Å². The van der Waals surface area contributed by atoms with Gasteiger partial charge in [-0.2, -0.15) is 0 Å². The third-order valence-electron chi connectivity index (χ3n) is 4.66. The molecule has 3 rings (SSSR count). The third-order valence-corrected chi connectivity index (χ3v) is 4.66. The maximum atomic E-state index is 12.1. The van der Waals surface area contributed by atoms with Crippen LogP contribution in [0, 0.1) is 5.92 Å². The molecular weight excluding hydrogens is 362 g/mol. The average molecular weight is 387 g/mol.